The van der Waals surface area contributed by atoms with Gasteiger partial charge in [0.15, 0.2) is 0 Å². The summed E-state index contributed by atoms with van der Waals surface area (Å²) in [6.07, 6.45) is 2.84. The molecular formula is C16H19NO3. The Labute approximate surface area is 118 Å². The molecule has 106 valence electrons. The third kappa shape index (κ3) is 2.69. The number of carbonyl (C=O) groups is 2. The molecule has 0 aromatic heterocycles. The van der Waals surface area contributed by atoms with Crippen molar-refractivity contribution in [1.82, 2.24) is 0 Å². The summed E-state index contributed by atoms with van der Waals surface area (Å²) in [5.41, 5.74) is 0.828. The maximum Gasteiger partial charge on any atom is 0.338 e. The Morgan fingerprint density at radius 2 is 2.05 bits per heavy atom. The number of hydrogen-bond acceptors (Lipinski definition) is 3. The van der Waals surface area contributed by atoms with Crippen LogP contribution in [0.15, 0.2) is 24.3 Å². The van der Waals surface area contributed by atoms with Gasteiger partial charge in [-0.05, 0) is 50.3 Å². The van der Waals surface area contributed by atoms with Crippen molar-refractivity contribution in [3.63, 3.8) is 0 Å². The van der Waals surface area contributed by atoms with E-state index in [1.54, 1.807) is 24.3 Å². The summed E-state index contributed by atoms with van der Waals surface area (Å²) in [6, 6.07) is 6.95. The van der Waals surface area contributed by atoms with Crippen LogP contribution in [0, 0.1) is 11.8 Å². The molecule has 2 fully saturated rings. The van der Waals surface area contributed by atoms with Gasteiger partial charge in [0.05, 0.1) is 5.56 Å². The third-order valence-corrected chi connectivity index (χ3v) is 4.23. The van der Waals surface area contributed by atoms with Crippen molar-refractivity contribution in [2.75, 3.05) is 5.32 Å². The molecule has 4 heteroatoms. The molecule has 2 atom stereocenters. The number of esters is 1. The third-order valence-electron chi connectivity index (χ3n) is 4.23. The molecule has 2 aliphatic carbocycles. The minimum Gasteiger partial charge on any atom is -0.455 e. The lowest BCUT2D eigenvalue weighted by Crippen LogP contribution is -2.18. The Bertz CT molecular complexity index is 565. The predicted octanol–water partition coefficient (Wildman–Crippen LogP) is 2.99. The highest BCUT2D eigenvalue weighted by Crippen LogP contribution is 2.46. The smallest absolute Gasteiger partial charge is 0.338 e. The minimum absolute atomic E-state index is 0.0401. The molecule has 2 unspecified atom stereocenters. The topological polar surface area (TPSA) is 55.4 Å². The highest BCUT2D eigenvalue weighted by molar-refractivity contribution is 5.96. The van der Waals surface area contributed by atoms with E-state index in [0.29, 0.717) is 17.2 Å². The maximum absolute atomic E-state index is 12.1. The number of rotatable bonds is 4. The van der Waals surface area contributed by atoms with Crippen LogP contribution in [0.5, 0.6) is 0 Å². The molecule has 4 nitrogen and oxygen atoms in total. The van der Waals surface area contributed by atoms with Gasteiger partial charge in [-0.3, -0.25) is 4.79 Å². The summed E-state index contributed by atoms with van der Waals surface area (Å²) in [4.78, 5) is 23.8. The number of hydrogen-bond donors (Lipinski definition) is 1. The Morgan fingerprint density at radius 1 is 1.35 bits per heavy atom. The number of anilines is 1. The van der Waals surface area contributed by atoms with Gasteiger partial charge in [0.25, 0.3) is 0 Å². The molecule has 0 radical (unpaired) electrons. The summed E-state index contributed by atoms with van der Waals surface area (Å²) in [5, 5.41) is 2.84. The van der Waals surface area contributed by atoms with E-state index in [-0.39, 0.29) is 23.4 Å². The van der Waals surface area contributed by atoms with Crippen LogP contribution in [-0.2, 0) is 9.53 Å². The zero-order valence-corrected chi connectivity index (χ0v) is 11.8. The molecule has 20 heavy (non-hydrogen) atoms. The van der Waals surface area contributed by atoms with E-state index in [9.17, 15) is 9.59 Å². The van der Waals surface area contributed by atoms with Crippen LogP contribution in [0.1, 0.15) is 43.5 Å². The van der Waals surface area contributed by atoms with Crippen LogP contribution in [0.4, 0.5) is 5.69 Å². The van der Waals surface area contributed by atoms with E-state index >= 15 is 0 Å². The van der Waals surface area contributed by atoms with Crippen LogP contribution in [0.2, 0.25) is 0 Å². The number of ether oxygens (including phenoxy) is 1. The van der Waals surface area contributed by atoms with Gasteiger partial charge in [-0.15, -0.1) is 0 Å². The van der Waals surface area contributed by atoms with Crippen LogP contribution in [-0.4, -0.2) is 17.5 Å². The normalized spacial score (nSPS) is 27.8. The Kier molecular flexibility index (Phi) is 3.04. The summed E-state index contributed by atoms with van der Waals surface area (Å²) in [6.45, 7) is 4.02. The van der Waals surface area contributed by atoms with Crippen LogP contribution < -0.4 is 5.32 Å². The predicted molar refractivity (Wildman–Crippen MR) is 75.4 cm³/mol. The van der Waals surface area contributed by atoms with Crippen molar-refractivity contribution >= 4 is 17.6 Å². The number of carbonyl (C=O) groups excluding carboxylic acids is 2. The standard InChI is InChI=1S/C16H19NO3/c1-10-9-16(10,2)20-15(19)12-4-3-5-13(8-12)17-14(18)11-6-7-11/h3-5,8,10-11H,6-7,9H2,1-2H3,(H,17,18). The minimum atomic E-state index is -0.320. The fraction of sp³-hybridized carbons (Fsp3) is 0.500. The van der Waals surface area contributed by atoms with Gasteiger partial charge in [-0.25, -0.2) is 4.79 Å². The van der Waals surface area contributed by atoms with Crippen molar-refractivity contribution in [3.8, 4) is 0 Å². The maximum atomic E-state index is 12.1. The fourth-order valence-corrected chi connectivity index (χ4v) is 2.28. The summed E-state index contributed by atoms with van der Waals surface area (Å²) in [5.74, 6) is 0.290. The lowest BCUT2D eigenvalue weighted by molar-refractivity contribution is -0.117. The molecule has 0 spiro atoms. The van der Waals surface area contributed by atoms with Gasteiger partial charge >= 0.3 is 5.97 Å². The van der Waals surface area contributed by atoms with Crippen LogP contribution in [0.25, 0.3) is 0 Å². The molecule has 1 aromatic rings. The molecule has 0 saturated heterocycles. The number of nitrogens with one attached hydrogen (secondary N) is 1. The molecule has 0 bridgehead atoms. The van der Waals surface area contributed by atoms with Gasteiger partial charge in [0.1, 0.15) is 5.60 Å². The Hall–Kier alpha value is -1.84. The molecule has 3 rings (SSSR count). The average Bonchev–Trinajstić information content (AvgIpc) is 3.29. The van der Waals surface area contributed by atoms with Gasteiger partial charge in [-0.1, -0.05) is 13.0 Å². The number of amides is 1. The van der Waals surface area contributed by atoms with Gasteiger partial charge in [0, 0.05) is 11.6 Å². The highest BCUT2D eigenvalue weighted by atomic mass is 16.6. The van der Waals surface area contributed by atoms with E-state index in [0.717, 1.165) is 19.3 Å². The number of benzene rings is 1. The van der Waals surface area contributed by atoms with Crippen molar-refractivity contribution in [2.45, 2.75) is 38.7 Å². The second-order valence-corrected chi connectivity index (χ2v) is 6.15. The average molecular weight is 273 g/mol. The monoisotopic (exact) mass is 273 g/mol. The zero-order chi connectivity index (χ0) is 14.3. The lowest BCUT2D eigenvalue weighted by Gasteiger charge is -2.13. The van der Waals surface area contributed by atoms with E-state index in [4.69, 9.17) is 4.74 Å². The van der Waals surface area contributed by atoms with E-state index in [1.807, 2.05) is 6.92 Å². The SMILES string of the molecule is CC1CC1(C)OC(=O)c1cccc(NC(=O)C2CC2)c1. The zero-order valence-electron chi connectivity index (χ0n) is 11.8. The molecular weight excluding hydrogens is 254 g/mol. The van der Waals surface area contributed by atoms with Crippen molar-refractivity contribution < 1.29 is 14.3 Å². The first-order valence-corrected chi connectivity index (χ1v) is 7.12. The highest BCUT2D eigenvalue weighted by Gasteiger charge is 2.50. The second-order valence-electron chi connectivity index (χ2n) is 6.15. The first-order valence-electron chi connectivity index (χ1n) is 7.12. The summed E-state index contributed by atoms with van der Waals surface area (Å²) in [7, 11) is 0. The molecule has 1 N–H and O–H groups in total. The van der Waals surface area contributed by atoms with E-state index in [2.05, 4.69) is 12.2 Å². The molecule has 2 saturated carbocycles. The van der Waals surface area contributed by atoms with Crippen LogP contribution >= 0.6 is 0 Å². The van der Waals surface area contributed by atoms with Crippen molar-refractivity contribution in [2.24, 2.45) is 11.8 Å². The quantitative estimate of drug-likeness (QED) is 0.858. The van der Waals surface area contributed by atoms with Gasteiger partial charge < -0.3 is 10.1 Å². The lowest BCUT2D eigenvalue weighted by atomic mass is 10.2. The fourth-order valence-electron chi connectivity index (χ4n) is 2.28. The second kappa shape index (κ2) is 4.62. The summed E-state index contributed by atoms with van der Waals surface area (Å²) >= 11 is 0. The van der Waals surface area contributed by atoms with E-state index in [1.165, 1.54) is 0 Å². The Morgan fingerprint density at radius 3 is 2.65 bits per heavy atom. The summed E-state index contributed by atoms with van der Waals surface area (Å²) < 4.78 is 5.52. The molecule has 1 aromatic carbocycles. The van der Waals surface area contributed by atoms with Gasteiger partial charge in [-0.2, -0.15) is 0 Å². The van der Waals surface area contributed by atoms with E-state index < -0.39 is 0 Å². The molecule has 0 heterocycles. The largest absolute Gasteiger partial charge is 0.455 e. The molecule has 1 amide bonds. The van der Waals surface area contributed by atoms with Crippen molar-refractivity contribution in [1.29, 1.82) is 0 Å². The first-order chi connectivity index (χ1) is 9.48. The molecule has 2 aliphatic rings. The van der Waals surface area contributed by atoms with Crippen molar-refractivity contribution in [3.05, 3.63) is 29.8 Å². The van der Waals surface area contributed by atoms with Gasteiger partial charge in [0.2, 0.25) is 5.91 Å². The van der Waals surface area contributed by atoms with Crippen LogP contribution in [0.3, 0.4) is 0 Å². The Balaban J connectivity index is 1.67. The molecule has 0 aliphatic heterocycles. The first kappa shape index (κ1) is 13.2.